The van der Waals surface area contributed by atoms with Gasteiger partial charge in [0.25, 0.3) is 5.91 Å². The Balaban J connectivity index is 1.95. The van der Waals surface area contributed by atoms with Gasteiger partial charge in [0.2, 0.25) is 5.91 Å². The molecule has 0 aliphatic carbocycles. The molecule has 0 bridgehead atoms. The minimum Gasteiger partial charge on any atom is -0.465 e. The third kappa shape index (κ3) is 4.40. The van der Waals surface area contributed by atoms with E-state index >= 15 is 0 Å². The fourth-order valence-electron chi connectivity index (χ4n) is 1.89. The first-order valence-electron chi connectivity index (χ1n) is 6.83. The van der Waals surface area contributed by atoms with Crippen molar-refractivity contribution >= 4 is 34.1 Å². The van der Waals surface area contributed by atoms with Crippen LogP contribution in [0.15, 0.2) is 36.4 Å². The molecule has 6 nitrogen and oxygen atoms in total. The fourth-order valence-corrected chi connectivity index (χ4v) is 2.81. The number of amides is 2. The van der Waals surface area contributed by atoms with Gasteiger partial charge in [-0.15, -0.1) is 11.3 Å². The molecule has 2 aromatic rings. The summed E-state index contributed by atoms with van der Waals surface area (Å²) in [7, 11) is 1.28. The predicted molar refractivity (Wildman–Crippen MR) is 87.8 cm³/mol. The van der Waals surface area contributed by atoms with Crippen molar-refractivity contribution in [3.8, 4) is 0 Å². The van der Waals surface area contributed by atoms with Crippen LogP contribution in [0.3, 0.4) is 0 Å². The van der Waals surface area contributed by atoms with Crippen molar-refractivity contribution in [1.29, 1.82) is 0 Å². The van der Waals surface area contributed by atoms with Crippen molar-refractivity contribution < 1.29 is 19.1 Å². The molecule has 1 aromatic heterocycles. The zero-order chi connectivity index (χ0) is 16.8. The average molecular weight is 332 g/mol. The number of nitrogens with one attached hydrogen (secondary N) is 2. The maximum absolute atomic E-state index is 11.9. The van der Waals surface area contributed by atoms with Crippen LogP contribution in [0.5, 0.6) is 0 Å². The summed E-state index contributed by atoms with van der Waals surface area (Å²) in [6.07, 6.45) is 0. The number of methoxy groups -OCH3 is 1. The molecular weight excluding hydrogens is 316 g/mol. The molecule has 7 heteroatoms. The third-order valence-corrected chi connectivity index (χ3v) is 3.92. The molecule has 2 rings (SSSR count). The zero-order valence-corrected chi connectivity index (χ0v) is 13.5. The summed E-state index contributed by atoms with van der Waals surface area (Å²) >= 11 is 1.27. The van der Waals surface area contributed by atoms with Crippen molar-refractivity contribution in [2.45, 2.75) is 6.92 Å². The van der Waals surface area contributed by atoms with Gasteiger partial charge in [-0.3, -0.25) is 9.59 Å². The number of carbonyl (C=O) groups excluding carboxylic acids is 3. The zero-order valence-electron chi connectivity index (χ0n) is 12.7. The van der Waals surface area contributed by atoms with E-state index in [1.807, 2.05) is 6.92 Å². The lowest BCUT2D eigenvalue weighted by atomic mass is 10.2. The first-order valence-corrected chi connectivity index (χ1v) is 7.64. The molecule has 0 radical (unpaired) electrons. The highest BCUT2D eigenvalue weighted by atomic mass is 32.1. The number of ether oxygens (including phenoxy) is 1. The van der Waals surface area contributed by atoms with E-state index in [-0.39, 0.29) is 12.5 Å². The number of carbonyl (C=O) groups is 3. The van der Waals surface area contributed by atoms with E-state index in [0.29, 0.717) is 16.1 Å². The Labute approximate surface area is 137 Å². The van der Waals surface area contributed by atoms with E-state index in [1.165, 1.54) is 18.4 Å². The third-order valence-electron chi connectivity index (χ3n) is 2.96. The molecule has 0 saturated heterocycles. The topological polar surface area (TPSA) is 84.5 Å². The van der Waals surface area contributed by atoms with Crippen LogP contribution in [0.4, 0.5) is 5.00 Å². The first-order chi connectivity index (χ1) is 11.0. The number of anilines is 1. The first kappa shape index (κ1) is 16.7. The number of thiophene rings is 1. The van der Waals surface area contributed by atoms with Gasteiger partial charge < -0.3 is 15.4 Å². The molecule has 120 valence electrons. The van der Waals surface area contributed by atoms with Crippen molar-refractivity contribution in [1.82, 2.24) is 5.32 Å². The highest BCUT2D eigenvalue weighted by Crippen LogP contribution is 2.28. The van der Waals surface area contributed by atoms with Gasteiger partial charge in [0.1, 0.15) is 5.00 Å². The van der Waals surface area contributed by atoms with Gasteiger partial charge in [-0.2, -0.15) is 0 Å². The van der Waals surface area contributed by atoms with Crippen molar-refractivity contribution in [2.75, 3.05) is 19.0 Å². The lowest BCUT2D eigenvalue weighted by molar-refractivity contribution is -0.115. The van der Waals surface area contributed by atoms with E-state index in [9.17, 15) is 14.4 Å². The largest absolute Gasteiger partial charge is 0.465 e. The van der Waals surface area contributed by atoms with Gasteiger partial charge in [0.05, 0.1) is 19.2 Å². The SMILES string of the molecule is COC(=O)c1cc(C)sc1NC(=O)CNC(=O)c1ccccc1. The second kappa shape index (κ2) is 7.55. The van der Waals surface area contributed by atoms with Crippen molar-refractivity contribution in [3.05, 3.63) is 52.4 Å². The van der Waals surface area contributed by atoms with Gasteiger partial charge in [0, 0.05) is 10.4 Å². The van der Waals surface area contributed by atoms with Gasteiger partial charge in [-0.05, 0) is 25.1 Å². The van der Waals surface area contributed by atoms with Crippen LogP contribution in [-0.2, 0) is 9.53 Å². The average Bonchev–Trinajstić information content (AvgIpc) is 2.93. The van der Waals surface area contributed by atoms with Crippen LogP contribution in [0.2, 0.25) is 0 Å². The summed E-state index contributed by atoms with van der Waals surface area (Å²) in [6.45, 7) is 1.63. The molecule has 2 amide bonds. The van der Waals surface area contributed by atoms with Gasteiger partial charge in [0.15, 0.2) is 0 Å². The van der Waals surface area contributed by atoms with Crippen LogP contribution in [0.1, 0.15) is 25.6 Å². The summed E-state index contributed by atoms with van der Waals surface area (Å²) in [5, 5.41) is 5.55. The molecule has 0 spiro atoms. The maximum atomic E-state index is 11.9. The summed E-state index contributed by atoms with van der Waals surface area (Å²) < 4.78 is 4.67. The van der Waals surface area contributed by atoms with E-state index in [1.54, 1.807) is 36.4 Å². The number of rotatable bonds is 5. The predicted octanol–water partition coefficient (Wildman–Crippen LogP) is 2.21. The van der Waals surface area contributed by atoms with E-state index in [0.717, 1.165) is 4.88 Å². The van der Waals surface area contributed by atoms with Gasteiger partial charge in [-0.25, -0.2) is 4.79 Å². The number of benzene rings is 1. The molecule has 2 N–H and O–H groups in total. The quantitative estimate of drug-likeness (QED) is 0.822. The minimum atomic E-state index is -0.516. The second-order valence-corrected chi connectivity index (χ2v) is 5.94. The minimum absolute atomic E-state index is 0.189. The Bertz CT molecular complexity index is 725. The lowest BCUT2D eigenvalue weighted by Gasteiger charge is -2.07. The summed E-state index contributed by atoms with van der Waals surface area (Å²) in [4.78, 5) is 36.3. The summed E-state index contributed by atoms with van der Waals surface area (Å²) in [5.74, 6) is -1.27. The molecule has 1 aromatic carbocycles. The molecule has 1 heterocycles. The van der Waals surface area contributed by atoms with E-state index in [4.69, 9.17) is 0 Å². The Hall–Kier alpha value is -2.67. The van der Waals surface area contributed by atoms with Crippen LogP contribution in [-0.4, -0.2) is 31.4 Å². The van der Waals surface area contributed by atoms with Crippen LogP contribution < -0.4 is 10.6 Å². The van der Waals surface area contributed by atoms with Crippen molar-refractivity contribution in [2.24, 2.45) is 0 Å². The van der Waals surface area contributed by atoms with E-state index in [2.05, 4.69) is 15.4 Å². The summed E-state index contributed by atoms with van der Waals surface area (Å²) in [5.41, 5.74) is 0.778. The molecule has 0 saturated carbocycles. The normalized spacial score (nSPS) is 10.0. The van der Waals surface area contributed by atoms with Crippen LogP contribution in [0, 0.1) is 6.92 Å². The smallest absolute Gasteiger partial charge is 0.340 e. The highest BCUT2D eigenvalue weighted by Gasteiger charge is 2.17. The Morgan fingerprint density at radius 1 is 1.17 bits per heavy atom. The number of esters is 1. The Kier molecular flexibility index (Phi) is 5.48. The molecule has 23 heavy (non-hydrogen) atoms. The maximum Gasteiger partial charge on any atom is 0.340 e. The van der Waals surface area contributed by atoms with Crippen LogP contribution >= 0.6 is 11.3 Å². The van der Waals surface area contributed by atoms with E-state index < -0.39 is 11.9 Å². The van der Waals surface area contributed by atoms with Gasteiger partial charge >= 0.3 is 5.97 Å². The molecule has 0 fully saturated rings. The molecule has 0 aliphatic heterocycles. The highest BCUT2D eigenvalue weighted by molar-refractivity contribution is 7.16. The lowest BCUT2D eigenvalue weighted by Crippen LogP contribution is -2.32. The molecule has 0 aliphatic rings. The molecule has 0 unspecified atom stereocenters. The standard InChI is InChI=1S/C16H16N2O4S/c1-10-8-12(16(21)22-2)15(23-10)18-13(19)9-17-14(20)11-6-4-3-5-7-11/h3-8H,9H2,1-2H3,(H,17,20)(H,18,19). The number of hydrogen-bond donors (Lipinski definition) is 2. The Morgan fingerprint density at radius 3 is 2.52 bits per heavy atom. The number of aryl methyl sites for hydroxylation is 1. The Morgan fingerprint density at radius 2 is 1.87 bits per heavy atom. The van der Waals surface area contributed by atoms with Crippen molar-refractivity contribution in [3.63, 3.8) is 0 Å². The fraction of sp³-hybridized carbons (Fsp3) is 0.188. The van der Waals surface area contributed by atoms with Crippen LogP contribution in [0.25, 0.3) is 0 Å². The second-order valence-electron chi connectivity index (χ2n) is 4.69. The molecular formula is C16H16N2O4S. The number of hydrogen-bond acceptors (Lipinski definition) is 5. The van der Waals surface area contributed by atoms with Gasteiger partial charge in [-0.1, -0.05) is 18.2 Å². The summed E-state index contributed by atoms with van der Waals surface area (Å²) in [6, 6.07) is 10.3. The monoisotopic (exact) mass is 332 g/mol. The molecule has 0 atom stereocenters.